The van der Waals surface area contributed by atoms with Gasteiger partial charge in [-0.1, -0.05) is 12.1 Å². The van der Waals surface area contributed by atoms with Crippen LogP contribution in [0, 0.1) is 0 Å². The maximum atomic E-state index is 12.6. The Kier molecular flexibility index (Phi) is 4.77. The van der Waals surface area contributed by atoms with Crippen LogP contribution in [0.15, 0.2) is 24.3 Å². The molecule has 1 aromatic rings. The number of alkyl halides is 3. The second kappa shape index (κ2) is 6.26. The van der Waals surface area contributed by atoms with E-state index in [1.165, 1.54) is 12.1 Å². The summed E-state index contributed by atoms with van der Waals surface area (Å²) in [5.74, 6) is -1.10. The third kappa shape index (κ3) is 3.78. The van der Waals surface area contributed by atoms with Gasteiger partial charge in [-0.15, -0.1) is 0 Å². The first-order valence-corrected chi connectivity index (χ1v) is 6.92. The van der Waals surface area contributed by atoms with Gasteiger partial charge in [0.2, 0.25) is 0 Å². The van der Waals surface area contributed by atoms with Gasteiger partial charge < -0.3 is 14.6 Å². The second-order valence-electron chi connectivity index (χ2n) is 5.31. The maximum absolute atomic E-state index is 12.6. The van der Waals surface area contributed by atoms with Gasteiger partial charge in [-0.3, -0.25) is 0 Å². The lowest BCUT2D eigenvalue weighted by Gasteiger charge is -2.43. The van der Waals surface area contributed by atoms with Crippen molar-refractivity contribution in [2.75, 3.05) is 6.61 Å². The lowest BCUT2D eigenvalue weighted by atomic mass is 9.74. The lowest BCUT2D eigenvalue weighted by Crippen LogP contribution is -2.41. The van der Waals surface area contributed by atoms with Crippen LogP contribution in [0.2, 0.25) is 0 Å². The number of hydrogen-bond donors (Lipinski definition) is 1. The highest BCUT2D eigenvalue weighted by molar-refractivity contribution is 5.68. The van der Waals surface area contributed by atoms with Crippen molar-refractivity contribution in [3.63, 3.8) is 0 Å². The van der Waals surface area contributed by atoms with Crippen LogP contribution in [0.25, 0.3) is 0 Å². The summed E-state index contributed by atoms with van der Waals surface area (Å²) in [6.07, 6.45) is -2.90. The molecule has 1 saturated carbocycles. The summed E-state index contributed by atoms with van der Waals surface area (Å²) in [6, 6.07) is 4.88. The number of hydrogen-bond acceptors (Lipinski definition) is 3. The number of ether oxygens (including phenoxy) is 2. The quantitative estimate of drug-likeness (QED) is 0.815. The first-order valence-electron chi connectivity index (χ1n) is 6.92. The molecule has 0 bridgehead atoms. The van der Waals surface area contributed by atoms with Crippen LogP contribution >= 0.6 is 0 Å². The molecule has 1 unspecified atom stereocenters. The molecular weight excluding hydrogens is 301 g/mol. The largest absolute Gasteiger partial charge is 0.480 e. The number of benzene rings is 1. The number of aliphatic carboxylic acids is 1. The highest BCUT2D eigenvalue weighted by Gasteiger charge is 2.42. The standard InChI is InChI=1S/C15H17F3O4/c1-10(21-9-13(19)20)22-14(7-2-8-14)11-3-5-12(6-4-11)15(16,17)18/h3-6,10H,2,7-9H2,1H3,(H,19,20). The van der Waals surface area contributed by atoms with E-state index in [1.807, 2.05) is 0 Å². The van der Waals surface area contributed by atoms with Gasteiger partial charge in [0.15, 0.2) is 6.29 Å². The Labute approximate surface area is 125 Å². The molecule has 0 amide bonds. The summed E-state index contributed by atoms with van der Waals surface area (Å²) in [4.78, 5) is 10.5. The molecule has 0 spiro atoms. The average molecular weight is 318 g/mol. The second-order valence-corrected chi connectivity index (χ2v) is 5.31. The maximum Gasteiger partial charge on any atom is 0.416 e. The van der Waals surface area contributed by atoms with Crippen LogP contribution < -0.4 is 0 Å². The Balaban J connectivity index is 2.08. The minimum absolute atomic E-state index is 0.482. The van der Waals surface area contributed by atoms with Crippen LogP contribution in [0.5, 0.6) is 0 Å². The molecule has 0 saturated heterocycles. The summed E-state index contributed by atoms with van der Waals surface area (Å²) in [6.45, 7) is 1.09. The summed E-state index contributed by atoms with van der Waals surface area (Å²) < 4.78 is 48.6. The smallest absolute Gasteiger partial charge is 0.416 e. The number of carboxylic acid groups (broad SMARTS) is 1. The number of halogens is 3. The Hall–Kier alpha value is -1.60. The van der Waals surface area contributed by atoms with Crippen LogP contribution in [0.4, 0.5) is 13.2 Å². The van der Waals surface area contributed by atoms with E-state index < -0.39 is 36.2 Å². The first-order chi connectivity index (χ1) is 10.2. The molecule has 1 atom stereocenters. The Bertz CT molecular complexity index is 521. The van der Waals surface area contributed by atoms with E-state index in [-0.39, 0.29) is 0 Å². The highest BCUT2D eigenvalue weighted by Crippen LogP contribution is 2.46. The van der Waals surface area contributed by atoms with Crippen molar-refractivity contribution in [3.05, 3.63) is 35.4 Å². The average Bonchev–Trinajstić information content (AvgIpc) is 2.40. The number of rotatable bonds is 6. The van der Waals surface area contributed by atoms with E-state index in [9.17, 15) is 18.0 Å². The van der Waals surface area contributed by atoms with Crippen molar-refractivity contribution in [3.8, 4) is 0 Å². The topological polar surface area (TPSA) is 55.8 Å². The van der Waals surface area contributed by atoms with E-state index in [1.54, 1.807) is 6.92 Å². The van der Waals surface area contributed by atoms with Crippen molar-refractivity contribution in [2.24, 2.45) is 0 Å². The first kappa shape index (κ1) is 16.8. The van der Waals surface area contributed by atoms with Crippen LogP contribution in [0.1, 0.15) is 37.3 Å². The molecule has 1 aromatic carbocycles. The van der Waals surface area contributed by atoms with Crippen molar-refractivity contribution < 1.29 is 32.5 Å². The Morgan fingerprint density at radius 2 is 1.91 bits per heavy atom. The van der Waals surface area contributed by atoms with Crippen LogP contribution in [0.3, 0.4) is 0 Å². The Morgan fingerprint density at radius 3 is 2.32 bits per heavy atom. The van der Waals surface area contributed by atoms with E-state index in [4.69, 9.17) is 14.6 Å². The third-order valence-electron chi connectivity index (χ3n) is 3.73. The molecule has 1 N–H and O–H groups in total. The van der Waals surface area contributed by atoms with Crippen LogP contribution in [-0.2, 0) is 26.0 Å². The van der Waals surface area contributed by atoms with Crippen molar-refractivity contribution in [1.29, 1.82) is 0 Å². The van der Waals surface area contributed by atoms with Crippen LogP contribution in [-0.4, -0.2) is 24.0 Å². The molecule has 0 aromatic heterocycles. The van der Waals surface area contributed by atoms with Gasteiger partial charge in [-0.25, -0.2) is 4.79 Å². The summed E-state index contributed by atoms with van der Waals surface area (Å²) >= 11 is 0. The lowest BCUT2D eigenvalue weighted by molar-refractivity contribution is -0.233. The predicted molar refractivity (Wildman–Crippen MR) is 71.1 cm³/mol. The molecule has 122 valence electrons. The van der Waals surface area contributed by atoms with Crippen molar-refractivity contribution in [1.82, 2.24) is 0 Å². The summed E-state index contributed by atoms with van der Waals surface area (Å²) in [5.41, 5.74) is -0.749. The predicted octanol–water partition coefficient (Wildman–Crippen LogP) is 3.55. The van der Waals surface area contributed by atoms with E-state index in [0.29, 0.717) is 18.4 Å². The monoisotopic (exact) mass is 318 g/mol. The fraction of sp³-hybridized carbons (Fsp3) is 0.533. The van der Waals surface area contributed by atoms with Gasteiger partial charge in [0, 0.05) is 0 Å². The fourth-order valence-corrected chi connectivity index (χ4v) is 2.48. The zero-order valence-corrected chi connectivity index (χ0v) is 12.0. The summed E-state index contributed by atoms with van der Waals surface area (Å²) in [5, 5.41) is 8.57. The van der Waals surface area contributed by atoms with E-state index in [2.05, 4.69) is 0 Å². The molecule has 2 rings (SSSR count). The van der Waals surface area contributed by atoms with Crippen molar-refractivity contribution in [2.45, 2.75) is 44.3 Å². The fourth-order valence-electron chi connectivity index (χ4n) is 2.48. The van der Waals surface area contributed by atoms with Gasteiger partial charge in [0.05, 0.1) is 11.2 Å². The summed E-state index contributed by atoms with van der Waals surface area (Å²) in [7, 11) is 0. The highest BCUT2D eigenvalue weighted by atomic mass is 19.4. The zero-order valence-electron chi connectivity index (χ0n) is 12.0. The van der Waals surface area contributed by atoms with Crippen molar-refractivity contribution >= 4 is 5.97 Å². The molecule has 1 fully saturated rings. The number of carbonyl (C=O) groups is 1. The minimum atomic E-state index is -4.37. The number of carboxylic acids is 1. The molecule has 0 radical (unpaired) electrons. The van der Waals surface area contributed by atoms with E-state index in [0.717, 1.165) is 18.6 Å². The van der Waals surface area contributed by atoms with E-state index >= 15 is 0 Å². The molecule has 1 aliphatic rings. The van der Waals surface area contributed by atoms with Gasteiger partial charge in [-0.2, -0.15) is 13.2 Å². The van der Waals surface area contributed by atoms with Gasteiger partial charge in [0.1, 0.15) is 6.61 Å². The third-order valence-corrected chi connectivity index (χ3v) is 3.73. The SMILES string of the molecule is CC(OCC(=O)O)OC1(c2ccc(C(F)(F)F)cc2)CCC1. The Morgan fingerprint density at radius 1 is 1.32 bits per heavy atom. The normalized spacial score (nSPS) is 18.5. The molecule has 1 aliphatic carbocycles. The van der Waals surface area contributed by atoms with Gasteiger partial charge in [0.25, 0.3) is 0 Å². The molecule has 22 heavy (non-hydrogen) atoms. The van der Waals surface area contributed by atoms with Gasteiger partial charge in [-0.05, 0) is 43.9 Å². The minimum Gasteiger partial charge on any atom is -0.480 e. The zero-order chi connectivity index (χ0) is 16.4. The van der Waals surface area contributed by atoms with Gasteiger partial charge >= 0.3 is 12.1 Å². The molecule has 0 aliphatic heterocycles. The molecular formula is C15H17F3O4. The molecule has 4 nitrogen and oxygen atoms in total. The molecule has 0 heterocycles. The molecule has 7 heteroatoms.